The third-order valence-electron chi connectivity index (χ3n) is 4.19. The Morgan fingerprint density at radius 1 is 1.29 bits per heavy atom. The van der Waals surface area contributed by atoms with Gasteiger partial charge >= 0.3 is 0 Å². The van der Waals surface area contributed by atoms with Gasteiger partial charge in [0.25, 0.3) is 0 Å². The number of halogens is 1. The van der Waals surface area contributed by atoms with Crippen LogP contribution in [0.4, 0.5) is 0 Å². The van der Waals surface area contributed by atoms with E-state index in [-0.39, 0.29) is 0 Å². The van der Waals surface area contributed by atoms with Crippen molar-refractivity contribution in [3.63, 3.8) is 0 Å². The number of fused-ring (bicyclic) bond motifs is 1. The second-order valence-corrected chi connectivity index (χ2v) is 5.63. The molecular weight excluding hydrogens is 234 g/mol. The van der Waals surface area contributed by atoms with E-state index < -0.39 is 0 Å². The highest BCUT2D eigenvalue weighted by atomic mass is 35.5. The topological polar surface area (TPSA) is 35.2 Å². The summed E-state index contributed by atoms with van der Waals surface area (Å²) < 4.78 is 5.73. The lowest BCUT2D eigenvalue weighted by Gasteiger charge is -2.36. The average molecular weight is 252 g/mol. The van der Waals surface area contributed by atoms with Gasteiger partial charge in [-0.25, -0.2) is 0 Å². The molecule has 1 aliphatic heterocycles. The van der Waals surface area contributed by atoms with Gasteiger partial charge in [-0.05, 0) is 60.9 Å². The minimum Gasteiger partial charge on any atom is -0.493 e. The molecule has 3 heteroatoms. The standard InChI is InChI=1S/C14H18ClNO/c15-13-6-10-3-4-17-14(10)12(7-13)5-9-1-2-11(9)8-16/h6-7,9,11H,1-5,8,16H2. The highest BCUT2D eigenvalue weighted by Crippen LogP contribution is 2.40. The summed E-state index contributed by atoms with van der Waals surface area (Å²) in [7, 11) is 0. The van der Waals surface area contributed by atoms with Gasteiger partial charge in [0.2, 0.25) is 0 Å². The predicted octanol–water partition coefficient (Wildman–Crippen LogP) is 2.80. The summed E-state index contributed by atoms with van der Waals surface area (Å²) in [5.74, 6) is 2.52. The van der Waals surface area contributed by atoms with Crippen molar-refractivity contribution in [2.45, 2.75) is 25.7 Å². The zero-order chi connectivity index (χ0) is 11.8. The quantitative estimate of drug-likeness (QED) is 0.897. The Morgan fingerprint density at radius 2 is 2.12 bits per heavy atom. The second-order valence-electron chi connectivity index (χ2n) is 5.19. The first-order chi connectivity index (χ1) is 8.28. The van der Waals surface area contributed by atoms with E-state index in [4.69, 9.17) is 22.1 Å². The van der Waals surface area contributed by atoms with Gasteiger partial charge in [-0.2, -0.15) is 0 Å². The maximum Gasteiger partial charge on any atom is 0.125 e. The lowest BCUT2D eigenvalue weighted by atomic mass is 9.70. The van der Waals surface area contributed by atoms with Crippen LogP contribution in [0.3, 0.4) is 0 Å². The molecule has 1 aromatic carbocycles. The Balaban J connectivity index is 1.83. The molecule has 2 unspecified atom stereocenters. The van der Waals surface area contributed by atoms with Gasteiger partial charge in [-0.3, -0.25) is 0 Å². The van der Waals surface area contributed by atoms with Crippen molar-refractivity contribution in [1.29, 1.82) is 0 Å². The zero-order valence-electron chi connectivity index (χ0n) is 9.92. The molecule has 2 aliphatic rings. The van der Waals surface area contributed by atoms with Crippen LogP contribution in [0.5, 0.6) is 5.75 Å². The molecule has 0 spiro atoms. The molecule has 0 aromatic heterocycles. The van der Waals surface area contributed by atoms with Crippen molar-refractivity contribution < 1.29 is 4.74 Å². The highest BCUT2D eigenvalue weighted by molar-refractivity contribution is 6.30. The highest BCUT2D eigenvalue weighted by Gasteiger charge is 2.31. The third kappa shape index (κ3) is 2.04. The Morgan fingerprint density at radius 3 is 2.82 bits per heavy atom. The van der Waals surface area contributed by atoms with Gasteiger partial charge < -0.3 is 10.5 Å². The van der Waals surface area contributed by atoms with E-state index in [1.54, 1.807) is 0 Å². The van der Waals surface area contributed by atoms with Crippen LogP contribution in [0.25, 0.3) is 0 Å². The van der Waals surface area contributed by atoms with E-state index in [2.05, 4.69) is 6.07 Å². The van der Waals surface area contributed by atoms with E-state index >= 15 is 0 Å². The van der Waals surface area contributed by atoms with Crippen molar-refractivity contribution in [3.8, 4) is 5.75 Å². The van der Waals surface area contributed by atoms with Crippen LogP contribution in [-0.4, -0.2) is 13.2 Å². The molecule has 2 N–H and O–H groups in total. The van der Waals surface area contributed by atoms with Gasteiger partial charge in [-0.1, -0.05) is 11.6 Å². The van der Waals surface area contributed by atoms with Crippen LogP contribution >= 0.6 is 11.6 Å². The summed E-state index contributed by atoms with van der Waals surface area (Å²) in [6, 6.07) is 4.10. The van der Waals surface area contributed by atoms with E-state index in [9.17, 15) is 0 Å². The molecule has 0 saturated heterocycles. The van der Waals surface area contributed by atoms with Crippen LogP contribution in [0, 0.1) is 11.8 Å². The second kappa shape index (κ2) is 4.51. The molecule has 0 radical (unpaired) electrons. The van der Waals surface area contributed by atoms with Gasteiger partial charge in [0.05, 0.1) is 6.61 Å². The van der Waals surface area contributed by atoms with Gasteiger partial charge in [0, 0.05) is 11.4 Å². The summed E-state index contributed by atoms with van der Waals surface area (Å²) in [6.45, 7) is 1.61. The van der Waals surface area contributed by atoms with Crippen LogP contribution in [0.15, 0.2) is 12.1 Å². The molecular formula is C14H18ClNO. The monoisotopic (exact) mass is 251 g/mol. The van der Waals surface area contributed by atoms with Gasteiger partial charge in [0.1, 0.15) is 5.75 Å². The van der Waals surface area contributed by atoms with Crippen molar-refractivity contribution in [2.75, 3.05) is 13.2 Å². The molecule has 2 atom stereocenters. The van der Waals surface area contributed by atoms with Gasteiger partial charge in [0.15, 0.2) is 0 Å². The fourth-order valence-corrected chi connectivity index (χ4v) is 3.26. The van der Waals surface area contributed by atoms with Crippen molar-refractivity contribution in [2.24, 2.45) is 17.6 Å². The molecule has 1 aromatic rings. The Bertz CT molecular complexity index is 430. The maximum absolute atomic E-state index is 6.16. The number of hydrogen-bond acceptors (Lipinski definition) is 2. The van der Waals surface area contributed by atoms with E-state index in [0.29, 0.717) is 5.92 Å². The average Bonchev–Trinajstić information content (AvgIpc) is 2.72. The largest absolute Gasteiger partial charge is 0.493 e. The lowest BCUT2D eigenvalue weighted by Crippen LogP contribution is -2.33. The molecule has 1 heterocycles. The lowest BCUT2D eigenvalue weighted by molar-refractivity contribution is 0.181. The predicted molar refractivity (Wildman–Crippen MR) is 69.6 cm³/mol. The molecule has 17 heavy (non-hydrogen) atoms. The fourth-order valence-electron chi connectivity index (χ4n) is 3.00. The molecule has 92 valence electrons. The van der Waals surface area contributed by atoms with Crippen LogP contribution in [0.1, 0.15) is 24.0 Å². The molecule has 0 bridgehead atoms. The minimum atomic E-state index is 0.700. The summed E-state index contributed by atoms with van der Waals surface area (Å²) in [5, 5.41) is 0.841. The molecule has 2 nitrogen and oxygen atoms in total. The summed E-state index contributed by atoms with van der Waals surface area (Å²) in [5.41, 5.74) is 8.32. The number of hydrogen-bond donors (Lipinski definition) is 1. The van der Waals surface area contributed by atoms with Crippen molar-refractivity contribution in [1.82, 2.24) is 0 Å². The molecule has 1 aliphatic carbocycles. The van der Waals surface area contributed by atoms with Gasteiger partial charge in [-0.15, -0.1) is 0 Å². The Kier molecular flexibility index (Phi) is 3.01. The molecule has 1 saturated carbocycles. The molecule has 0 amide bonds. The van der Waals surface area contributed by atoms with Crippen LogP contribution in [0.2, 0.25) is 5.02 Å². The van der Waals surface area contributed by atoms with Crippen molar-refractivity contribution in [3.05, 3.63) is 28.3 Å². The summed E-state index contributed by atoms with van der Waals surface area (Å²) >= 11 is 6.16. The number of nitrogens with two attached hydrogens (primary N) is 1. The van der Waals surface area contributed by atoms with Crippen molar-refractivity contribution >= 4 is 11.6 Å². The van der Waals surface area contributed by atoms with E-state index in [1.165, 1.54) is 24.0 Å². The van der Waals surface area contributed by atoms with Crippen LogP contribution < -0.4 is 10.5 Å². The van der Waals surface area contributed by atoms with E-state index in [1.807, 2.05) is 6.07 Å². The Hall–Kier alpha value is -0.730. The number of rotatable bonds is 3. The Labute approximate surface area is 107 Å². The SMILES string of the molecule is NCC1CCC1Cc1cc(Cl)cc2c1OCC2. The number of benzene rings is 1. The molecule has 3 rings (SSSR count). The maximum atomic E-state index is 6.16. The zero-order valence-corrected chi connectivity index (χ0v) is 10.7. The first-order valence-electron chi connectivity index (χ1n) is 6.42. The normalized spacial score (nSPS) is 26.2. The number of ether oxygens (including phenoxy) is 1. The molecule has 1 fully saturated rings. The fraction of sp³-hybridized carbons (Fsp3) is 0.571. The minimum absolute atomic E-state index is 0.700. The summed E-state index contributed by atoms with van der Waals surface area (Å²) in [6.07, 6.45) is 4.65. The first-order valence-corrected chi connectivity index (χ1v) is 6.80. The first kappa shape index (κ1) is 11.4. The summed E-state index contributed by atoms with van der Waals surface area (Å²) in [4.78, 5) is 0. The van der Waals surface area contributed by atoms with E-state index in [0.717, 1.165) is 42.7 Å². The third-order valence-corrected chi connectivity index (χ3v) is 4.40. The smallest absolute Gasteiger partial charge is 0.125 e. The van der Waals surface area contributed by atoms with Crippen LogP contribution in [-0.2, 0) is 12.8 Å².